The molecule has 6 nitrogen and oxygen atoms in total. The fourth-order valence-electron chi connectivity index (χ4n) is 5.29. The van der Waals surface area contributed by atoms with Gasteiger partial charge < -0.3 is 20.6 Å². The van der Waals surface area contributed by atoms with Gasteiger partial charge in [0.2, 0.25) is 0 Å². The Bertz CT molecular complexity index is 1150. The van der Waals surface area contributed by atoms with E-state index in [1.165, 1.54) is 24.0 Å². The first-order valence-electron chi connectivity index (χ1n) is 12.5. The van der Waals surface area contributed by atoms with Crippen molar-refractivity contribution in [1.29, 1.82) is 0 Å². The molecule has 2 aromatic heterocycles. The average Bonchev–Trinajstić information content (AvgIpc) is 3.66. The number of nitrogens with one attached hydrogen (secondary N) is 4. The van der Waals surface area contributed by atoms with Crippen LogP contribution in [0.4, 0.5) is 0 Å². The third-order valence-corrected chi connectivity index (χ3v) is 7.32. The molecule has 0 spiro atoms. The highest BCUT2D eigenvalue weighted by molar-refractivity contribution is 5.71. The van der Waals surface area contributed by atoms with Crippen LogP contribution in [0.3, 0.4) is 0 Å². The maximum atomic E-state index is 4.63. The quantitative estimate of drug-likeness (QED) is 0.310. The van der Waals surface area contributed by atoms with Crippen LogP contribution in [0.2, 0.25) is 0 Å². The lowest BCUT2D eigenvalue weighted by molar-refractivity contribution is 0.564. The summed E-state index contributed by atoms with van der Waals surface area (Å²) in [6, 6.07) is 19.2. The zero-order valence-electron chi connectivity index (χ0n) is 19.8. The number of hydrogen-bond acceptors (Lipinski definition) is 4. The van der Waals surface area contributed by atoms with Crippen LogP contribution in [-0.2, 0) is 0 Å². The fraction of sp³-hybridized carbons (Fsp3) is 0.357. The molecule has 34 heavy (non-hydrogen) atoms. The van der Waals surface area contributed by atoms with E-state index in [9.17, 15) is 0 Å². The van der Waals surface area contributed by atoms with Gasteiger partial charge >= 0.3 is 0 Å². The summed E-state index contributed by atoms with van der Waals surface area (Å²) in [5, 5.41) is 7.19. The van der Waals surface area contributed by atoms with Crippen LogP contribution in [0.5, 0.6) is 0 Å². The molecule has 0 bridgehead atoms. The van der Waals surface area contributed by atoms with Crippen molar-refractivity contribution in [2.45, 2.75) is 63.7 Å². The van der Waals surface area contributed by atoms with Crippen LogP contribution in [0.25, 0.3) is 33.6 Å². The normalized spacial score (nSPS) is 24.6. The van der Waals surface area contributed by atoms with E-state index in [1.807, 2.05) is 12.4 Å². The van der Waals surface area contributed by atoms with Gasteiger partial charge in [-0.25, -0.2) is 9.97 Å². The summed E-state index contributed by atoms with van der Waals surface area (Å²) in [5.74, 6) is 2.08. The van der Waals surface area contributed by atoms with E-state index in [-0.39, 0.29) is 0 Å². The van der Waals surface area contributed by atoms with Crippen LogP contribution in [-0.4, -0.2) is 32.0 Å². The topological polar surface area (TPSA) is 81.4 Å². The zero-order valence-corrected chi connectivity index (χ0v) is 19.8. The smallest absolute Gasteiger partial charge is 0.123 e. The minimum Gasteiger partial charge on any atom is -0.341 e. The summed E-state index contributed by atoms with van der Waals surface area (Å²) >= 11 is 0. The number of hydrogen-bond donors (Lipinski definition) is 4. The number of aromatic amines is 2. The third kappa shape index (κ3) is 4.19. The van der Waals surface area contributed by atoms with E-state index in [4.69, 9.17) is 0 Å². The van der Waals surface area contributed by atoms with Crippen molar-refractivity contribution < 1.29 is 0 Å². The molecule has 0 saturated carbocycles. The van der Waals surface area contributed by atoms with Crippen molar-refractivity contribution in [3.63, 3.8) is 0 Å². The molecule has 6 heteroatoms. The van der Waals surface area contributed by atoms with Gasteiger partial charge in [0.25, 0.3) is 0 Å². The van der Waals surface area contributed by atoms with Crippen molar-refractivity contribution in [2.75, 3.05) is 0 Å². The van der Waals surface area contributed by atoms with Gasteiger partial charge in [0.05, 0.1) is 35.9 Å². The first-order valence-corrected chi connectivity index (χ1v) is 12.5. The maximum Gasteiger partial charge on any atom is 0.123 e. The van der Waals surface area contributed by atoms with Crippen LogP contribution in [0.1, 0.15) is 63.3 Å². The van der Waals surface area contributed by atoms with Gasteiger partial charge in [0.1, 0.15) is 11.6 Å². The minimum atomic E-state index is 0.338. The van der Waals surface area contributed by atoms with Gasteiger partial charge in [-0.3, -0.25) is 0 Å². The second-order valence-corrected chi connectivity index (χ2v) is 9.91. The standard InChI is InChI=1S/C28H32N6/c1-17-3-13-23(31-17)27-29-15-25(33-27)21-9-5-19(6-10-21)20-7-11-22(12-8-20)26-16-30-28(34-26)24-14-4-18(2)32-24/h5-12,15-18,23-24,31-32H,3-4,13-14H2,1-2H3,(H,29,33)(H,30,34)/t17-,18-,23-,24-/m0/s1. The van der Waals surface area contributed by atoms with Gasteiger partial charge in [0.15, 0.2) is 0 Å². The lowest BCUT2D eigenvalue weighted by Gasteiger charge is -2.08. The molecule has 2 fully saturated rings. The van der Waals surface area contributed by atoms with Crippen LogP contribution >= 0.6 is 0 Å². The molecule has 2 saturated heterocycles. The number of benzene rings is 2. The molecule has 0 radical (unpaired) electrons. The zero-order chi connectivity index (χ0) is 23.1. The van der Waals surface area contributed by atoms with Gasteiger partial charge in [-0.15, -0.1) is 0 Å². The number of imidazole rings is 2. The molecule has 0 aliphatic carbocycles. The van der Waals surface area contributed by atoms with E-state index in [1.54, 1.807) is 0 Å². The Labute approximate surface area is 200 Å². The Morgan fingerprint density at radius 2 is 0.941 bits per heavy atom. The molecule has 4 N–H and O–H groups in total. The van der Waals surface area contributed by atoms with Crippen LogP contribution in [0.15, 0.2) is 60.9 Å². The van der Waals surface area contributed by atoms with Crippen molar-refractivity contribution in [3.05, 3.63) is 72.6 Å². The Balaban J connectivity index is 1.15. The molecule has 2 aliphatic rings. The maximum absolute atomic E-state index is 4.63. The average molecular weight is 453 g/mol. The van der Waals surface area contributed by atoms with E-state index in [0.717, 1.165) is 47.0 Å². The van der Waals surface area contributed by atoms with Crippen molar-refractivity contribution >= 4 is 0 Å². The Morgan fingerprint density at radius 3 is 1.29 bits per heavy atom. The van der Waals surface area contributed by atoms with Crippen molar-refractivity contribution in [2.24, 2.45) is 0 Å². The molecule has 0 amide bonds. The van der Waals surface area contributed by atoms with Crippen molar-refractivity contribution in [3.8, 4) is 33.6 Å². The highest BCUT2D eigenvalue weighted by atomic mass is 15.1. The molecule has 4 heterocycles. The molecule has 0 unspecified atom stereocenters. The van der Waals surface area contributed by atoms with Crippen LogP contribution < -0.4 is 10.6 Å². The number of aromatic nitrogens is 4. The summed E-state index contributed by atoms with van der Waals surface area (Å²) in [5.41, 5.74) is 6.86. The first kappa shape index (κ1) is 21.3. The molecule has 4 atom stereocenters. The van der Waals surface area contributed by atoms with Gasteiger partial charge in [-0.2, -0.15) is 0 Å². The Morgan fingerprint density at radius 1 is 0.559 bits per heavy atom. The van der Waals surface area contributed by atoms with E-state index >= 15 is 0 Å². The van der Waals surface area contributed by atoms with Gasteiger partial charge in [-0.05, 0) is 61.8 Å². The lowest BCUT2D eigenvalue weighted by atomic mass is 10.0. The summed E-state index contributed by atoms with van der Waals surface area (Å²) in [6.07, 6.45) is 8.58. The largest absolute Gasteiger partial charge is 0.341 e. The predicted molar refractivity (Wildman–Crippen MR) is 136 cm³/mol. The first-order chi connectivity index (χ1) is 16.6. The monoisotopic (exact) mass is 452 g/mol. The second-order valence-electron chi connectivity index (χ2n) is 9.91. The molecule has 6 rings (SSSR count). The molecular formula is C28H32N6. The van der Waals surface area contributed by atoms with E-state index < -0.39 is 0 Å². The molecule has 174 valence electrons. The van der Waals surface area contributed by atoms with Gasteiger partial charge in [0, 0.05) is 12.1 Å². The number of rotatable bonds is 5. The highest BCUT2D eigenvalue weighted by Gasteiger charge is 2.25. The van der Waals surface area contributed by atoms with E-state index in [2.05, 4.69) is 92.9 Å². The minimum absolute atomic E-state index is 0.338. The predicted octanol–water partition coefficient (Wildman–Crippen LogP) is 5.76. The number of nitrogens with zero attached hydrogens (tertiary/aromatic N) is 2. The van der Waals surface area contributed by atoms with E-state index in [0.29, 0.717) is 24.2 Å². The summed E-state index contributed by atoms with van der Waals surface area (Å²) in [6.45, 7) is 4.46. The second kappa shape index (κ2) is 8.85. The molecular weight excluding hydrogens is 420 g/mol. The number of H-pyrrole nitrogens is 2. The van der Waals surface area contributed by atoms with Crippen molar-refractivity contribution in [1.82, 2.24) is 30.6 Å². The molecule has 4 aromatic rings. The summed E-state index contributed by atoms with van der Waals surface area (Å²) in [4.78, 5) is 16.3. The summed E-state index contributed by atoms with van der Waals surface area (Å²) in [7, 11) is 0. The van der Waals surface area contributed by atoms with Crippen LogP contribution in [0, 0.1) is 0 Å². The van der Waals surface area contributed by atoms with Gasteiger partial charge in [-0.1, -0.05) is 48.5 Å². The molecule has 2 aliphatic heterocycles. The lowest BCUT2D eigenvalue weighted by Crippen LogP contribution is -2.21. The fourth-order valence-corrected chi connectivity index (χ4v) is 5.29. The third-order valence-electron chi connectivity index (χ3n) is 7.32. The highest BCUT2D eigenvalue weighted by Crippen LogP contribution is 2.30. The Kier molecular flexibility index (Phi) is 5.55. The SMILES string of the molecule is C[C@H]1CC[C@@H](c2ncc(-c3ccc(-c4ccc(-c5cnc([C@@H]6CC[C@H](C)N6)[nH]5)cc4)cc3)[nH]2)N1. The summed E-state index contributed by atoms with van der Waals surface area (Å²) < 4.78 is 0. The Hall–Kier alpha value is -3.22. The molecule has 2 aromatic carbocycles.